The summed E-state index contributed by atoms with van der Waals surface area (Å²) in [5.41, 5.74) is 6.01. The van der Waals surface area contributed by atoms with Crippen LogP contribution >= 0.6 is 11.8 Å². The van der Waals surface area contributed by atoms with Crippen molar-refractivity contribution in [2.24, 2.45) is 10.9 Å². The van der Waals surface area contributed by atoms with Gasteiger partial charge in [0, 0.05) is 29.6 Å². The Hall–Kier alpha value is -1.27. The third kappa shape index (κ3) is 3.34. The van der Waals surface area contributed by atoms with Crippen LogP contribution in [0.5, 0.6) is 0 Å². The Morgan fingerprint density at radius 1 is 1.53 bits per heavy atom. The summed E-state index contributed by atoms with van der Waals surface area (Å²) in [5.74, 6) is 0.0411. The Morgan fingerprint density at radius 2 is 2.29 bits per heavy atom. The zero-order chi connectivity index (χ0) is 12.1. The number of nitrogens with zero attached hydrogens (tertiary/aromatic N) is 2. The van der Waals surface area contributed by atoms with Gasteiger partial charge in [-0.2, -0.15) is 0 Å². The molecule has 3 N–H and O–H groups in total. The molecule has 5 nitrogen and oxygen atoms in total. The van der Waals surface area contributed by atoms with Crippen molar-refractivity contribution in [1.29, 1.82) is 0 Å². The number of oxime groups is 1. The SMILES string of the molecule is N/C(=N/O)c1cc(SC2CCOCC2)ccn1. The Labute approximate surface area is 104 Å². The average molecular weight is 253 g/mol. The van der Waals surface area contributed by atoms with E-state index in [0.717, 1.165) is 31.0 Å². The molecule has 0 spiro atoms. The highest BCUT2D eigenvalue weighted by atomic mass is 32.2. The molecule has 1 fully saturated rings. The van der Waals surface area contributed by atoms with E-state index in [0.29, 0.717) is 10.9 Å². The molecular formula is C11H15N3O2S. The van der Waals surface area contributed by atoms with Gasteiger partial charge >= 0.3 is 0 Å². The predicted octanol–water partition coefficient (Wildman–Crippen LogP) is 1.45. The fourth-order valence-corrected chi connectivity index (χ4v) is 2.79. The van der Waals surface area contributed by atoms with Crippen molar-refractivity contribution in [3.63, 3.8) is 0 Å². The highest BCUT2D eigenvalue weighted by Crippen LogP contribution is 2.29. The summed E-state index contributed by atoms with van der Waals surface area (Å²) in [6.45, 7) is 1.66. The number of amidine groups is 1. The fraction of sp³-hybridized carbons (Fsp3) is 0.455. The summed E-state index contributed by atoms with van der Waals surface area (Å²) < 4.78 is 5.32. The molecular weight excluding hydrogens is 238 g/mol. The number of nitrogens with two attached hydrogens (primary N) is 1. The van der Waals surface area contributed by atoms with Gasteiger partial charge in [-0.25, -0.2) is 0 Å². The Kier molecular flexibility index (Phi) is 4.22. The van der Waals surface area contributed by atoms with Crippen LogP contribution in [-0.2, 0) is 4.74 Å². The second-order valence-electron chi connectivity index (χ2n) is 3.79. The third-order valence-electron chi connectivity index (χ3n) is 2.57. The molecule has 17 heavy (non-hydrogen) atoms. The largest absolute Gasteiger partial charge is 0.409 e. The first kappa shape index (κ1) is 12.2. The number of rotatable bonds is 3. The molecule has 0 aliphatic carbocycles. The fourth-order valence-electron chi connectivity index (χ4n) is 1.66. The van der Waals surface area contributed by atoms with Gasteiger partial charge in [0.2, 0.25) is 0 Å². The van der Waals surface area contributed by atoms with E-state index in [4.69, 9.17) is 15.7 Å². The van der Waals surface area contributed by atoms with E-state index in [-0.39, 0.29) is 5.84 Å². The maximum Gasteiger partial charge on any atom is 0.188 e. The van der Waals surface area contributed by atoms with Crippen molar-refractivity contribution in [1.82, 2.24) is 4.98 Å². The monoisotopic (exact) mass is 253 g/mol. The van der Waals surface area contributed by atoms with E-state index in [9.17, 15) is 0 Å². The minimum Gasteiger partial charge on any atom is -0.409 e. The average Bonchev–Trinajstić information content (AvgIpc) is 2.39. The standard InChI is InChI=1S/C11H15N3O2S/c12-11(14-15)10-7-9(1-4-13-10)17-8-2-5-16-6-3-8/h1,4,7-8,15H,2-3,5-6H2,(H2,12,14). The summed E-state index contributed by atoms with van der Waals surface area (Å²) >= 11 is 1.79. The van der Waals surface area contributed by atoms with Crippen LogP contribution in [0.1, 0.15) is 18.5 Å². The quantitative estimate of drug-likeness (QED) is 0.369. The molecule has 1 aromatic heterocycles. The number of thioether (sulfide) groups is 1. The van der Waals surface area contributed by atoms with Gasteiger partial charge in [-0.3, -0.25) is 4.98 Å². The van der Waals surface area contributed by atoms with Crippen LogP contribution in [0, 0.1) is 0 Å². The zero-order valence-corrected chi connectivity index (χ0v) is 10.2. The van der Waals surface area contributed by atoms with Gasteiger partial charge in [0.1, 0.15) is 5.69 Å². The van der Waals surface area contributed by atoms with Crippen molar-refractivity contribution >= 4 is 17.6 Å². The first-order valence-corrected chi connectivity index (χ1v) is 6.36. The molecule has 1 aliphatic rings. The van der Waals surface area contributed by atoms with Crippen LogP contribution in [0.3, 0.4) is 0 Å². The minimum absolute atomic E-state index is 0.0411. The van der Waals surface area contributed by atoms with Gasteiger partial charge in [0.25, 0.3) is 0 Å². The Balaban J connectivity index is 2.05. The molecule has 0 radical (unpaired) electrons. The number of ether oxygens (including phenoxy) is 1. The van der Waals surface area contributed by atoms with Gasteiger partial charge in [-0.05, 0) is 25.0 Å². The molecule has 1 aromatic rings. The van der Waals surface area contributed by atoms with Gasteiger partial charge in [-0.15, -0.1) is 11.8 Å². The number of hydrogen-bond acceptors (Lipinski definition) is 5. The molecule has 2 rings (SSSR count). The molecule has 6 heteroatoms. The molecule has 1 aliphatic heterocycles. The maximum atomic E-state index is 8.60. The normalized spacial score (nSPS) is 18.2. The lowest BCUT2D eigenvalue weighted by Gasteiger charge is -2.21. The Morgan fingerprint density at radius 3 is 3.00 bits per heavy atom. The molecule has 0 bridgehead atoms. The number of hydrogen-bond donors (Lipinski definition) is 2. The summed E-state index contributed by atoms with van der Waals surface area (Å²) in [5, 5.41) is 12.1. The van der Waals surface area contributed by atoms with Crippen LogP contribution in [0.2, 0.25) is 0 Å². The molecule has 0 atom stereocenters. The van der Waals surface area contributed by atoms with Gasteiger partial charge < -0.3 is 15.7 Å². The first-order valence-electron chi connectivity index (χ1n) is 5.48. The van der Waals surface area contributed by atoms with Crippen molar-refractivity contribution < 1.29 is 9.94 Å². The van der Waals surface area contributed by atoms with Crippen LogP contribution in [0.4, 0.5) is 0 Å². The van der Waals surface area contributed by atoms with Gasteiger partial charge in [0.05, 0.1) is 0 Å². The lowest BCUT2D eigenvalue weighted by molar-refractivity contribution is 0.100. The van der Waals surface area contributed by atoms with E-state index in [1.54, 1.807) is 18.0 Å². The summed E-state index contributed by atoms with van der Waals surface area (Å²) in [6, 6.07) is 3.78. The number of pyridine rings is 1. The van der Waals surface area contributed by atoms with Crippen LogP contribution in [0.25, 0.3) is 0 Å². The molecule has 92 valence electrons. The molecule has 0 saturated carbocycles. The van der Waals surface area contributed by atoms with Crippen LogP contribution in [-0.4, -0.2) is 34.5 Å². The highest BCUT2D eigenvalue weighted by Gasteiger charge is 2.15. The summed E-state index contributed by atoms with van der Waals surface area (Å²) in [4.78, 5) is 5.14. The van der Waals surface area contributed by atoms with E-state index < -0.39 is 0 Å². The maximum absolute atomic E-state index is 8.60. The number of aromatic nitrogens is 1. The zero-order valence-electron chi connectivity index (χ0n) is 9.37. The van der Waals surface area contributed by atoms with Crippen molar-refractivity contribution in [3.05, 3.63) is 24.0 Å². The van der Waals surface area contributed by atoms with E-state index in [2.05, 4.69) is 10.1 Å². The Bertz CT molecular complexity index is 405. The lowest BCUT2D eigenvalue weighted by atomic mass is 10.2. The highest BCUT2D eigenvalue weighted by molar-refractivity contribution is 8.00. The van der Waals surface area contributed by atoms with Crippen molar-refractivity contribution in [3.8, 4) is 0 Å². The van der Waals surface area contributed by atoms with Gasteiger partial charge in [-0.1, -0.05) is 5.16 Å². The van der Waals surface area contributed by atoms with Crippen molar-refractivity contribution in [2.45, 2.75) is 23.0 Å². The predicted molar refractivity (Wildman–Crippen MR) is 66.4 cm³/mol. The second kappa shape index (κ2) is 5.88. The van der Waals surface area contributed by atoms with Crippen LogP contribution in [0.15, 0.2) is 28.4 Å². The third-order valence-corrected chi connectivity index (χ3v) is 3.90. The van der Waals surface area contributed by atoms with E-state index in [1.165, 1.54) is 0 Å². The first-order chi connectivity index (χ1) is 8.29. The molecule has 2 heterocycles. The smallest absolute Gasteiger partial charge is 0.188 e. The lowest BCUT2D eigenvalue weighted by Crippen LogP contribution is -2.18. The topological polar surface area (TPSA) is 80.7 Å². The van der Waals surface area contributed by atoms with E-state index >= 15 is 0 Å². The molecule has 1 saturated heterocycles. The molecule has 0 amide bonds. The summed E-state index contributed by atoms with van der Waals surface area (Å²) in [6.07, 6.45) is 3.80. The summed E-state index contributed by atoms with van der Waals surface area (Å²) in [7, 11) is 0. The second-order valence-corrected chi connectivity index (χ2v) is 5.17. The van der Waals surface area contributed by atoms with E-state index in [1.807, 2.05) is 12.1 Å². The molecule has 0 unspecified atom stereocenters. The van der Waals surface area contributed by atoms with Gasteiger partial charge in [0.15, 0.2) is 5.84 Å². The minimum atomic E-state index is 0.0411. The molecule has 0 aromatic carbocycles. The van der Waals surface area contributed by atoms with Crippen molar-refractivity contribution in [2.75, 3.05) is 13.2 Å². The van der Waals surface area contributed by atoms with Crippen LogP contribution < -0.4 is 5.73 Å².